The number of nitrogens with zero attached hydrogens (tertiary/aromatic N) is 3. The number of aromatic nitrogens is 4. The van der Waals surface area contributed by atoms with E-state index in [9.17, 15) is 5.11 Å². The molecule has 3 aromatic rings. The molecule has 0 fully saturated rings. The number of aryl methyl sites for hydroxylation is 1. The minimum absolute atomic E-state index is 0.00487. The summed E-state index contributed by atoms with van der Waals surface area (Å²) in [5, 5.41) is 9.60. The van der Waals surface area contributed by atoms with Gasteiger partial charge in [0, 0.05) is 23.5 Å². The Labute approximate surface area is 162 Å². The van der Waals surface area contributed by atoms with Crippen LogP contribution < -0.4 is 0 Å². The Morgan fingerprint density at radius 2 is 1.89 bits per heavy atom. The zero-order chi connectivity index (χ0) is 19.1. The molecule has 3 heterocycles. The van der Waals surface area contributed by atoms with Gasteiger partial charge in [0.15, 0.2) is 0 Å². The highest BCUT2D eigenvalue weighted by atomic mass is 16.3. The molecular formula is C23H20N4O. The number of hydrogen-bond acceptors (Lipinski definition) is 3. The quantitative estimate of drug-likeness (QED) is 0.495. The van der Waals surface area contributed by atoms with Crippen LogP contribution in [0.3, 0.4) is 0 Å². The fraction of sp³-hybridized carbons (Fsp3) is 0.130. The Bertz CT molecular complexity index is 1250. The Hall–Kier alpha value is -3.44. The van der Waals surface area contributed by atoms with Gasteiger partial charge in [0.05, 0.1) is 35.6 Å². The molecular weight excluding hydrogens is 348 g/mol. The lowest BCUT2D eigenvalue weighted by Gasteiger charge is -2.06. The number of fused-ring (bicyclic) bond motifs is 2. The smallest absolute Gasteiger partial charge is 0.127 e. The van der Waals surface area contributed by atoms with Crippen molar-refractivity contribution in [1.29, 1.82) is 0 Å². The number of aliphatic hydroxyl groups excluding tert-OH is 1. The van der Waals surface area contributed by atoms with Gasteiger partial charge in [-0.1, -0.05) is 30.3 Å². The lowest BCUT2D eigenvalue weighted by atomic mass is 10.1. The van der Waals surface area contributed by atoms with Gasteiger partial charge in [-0.05, 0) is 42.3 Å². The molecule has 0 bridgehead atoms. The zero-order valence-corrected chi connectivity index (χ0v) is 15.6. The van der Waals surface area contributed by atoms with Crippen LogP contribution in [0.25, 0.3) is 33.5 Å². The van der Waals surface area contributed by atoms with E-state index in [1.165, 1.54) is 5.56 Å². The summed E-state index contributed by atoms with van der Waals surface area (Å²) in [6, 6.07) is 18.2. The summed E-state index contributed by atoms with van der Waals surface area (Å²) >= 11 is 0. The monoisotopic (exact) mass is 368 g/mol. The molecule has 2 aliphatic rings. The maximum atomic E-state index is 9.60. The third-order valence-corrected chi connectivity index (χ3v) is 5.04. The van der Waals surface area contributed by atoms with Crippen molar-refractivity contribution in [3.8, 4) is 22.5 Å². The number of H-pyrrole nitrogens is 1. The molecule has 2 aliphatic heterocycles. The molecule has 28 heavy (non-hydrogen) atoms. The van der Waals surface area contributed by atoms with Crippen LogP contribution in [0.4, 0.5) is 0 Å². The first-order chi connectivity index (χ1) is 13.7. The number of aliphatic hydroxyl groups is 1. The van der Waals surface area contributed by atoms with E-state index < -0.39 is 0 Å². The van der Waals surface area contributed by atoms with Crippen molar-refractivity contribution in [2.45, 2.75) is 20.1 Å². The minimum atomic E-state index is 0.00487. The minimum Gasteiger partial charge on any atom is -0.392 e. The van der Waals surface area contributed by atoms with Crippen LogP contribution in [0, 0.1) is 6.92 Å². The Morgan fingerprint density at radius 1 is 1.00 bits per heavy atom. The highest BCUT2D eigenvalue weighted by Gasteiger charge is 2.13. The lowest BCUT2D eigenvalue weighted by Crippen LogP contribution is -2.02. The number of rotatable bonds is 4. The number of imidazole rings is 1. The van der Waals surface area contributed by atoms with Crippen molar-refractivity contribution in [3.63, 3.8) is 0 Å². The fourth-order valence-electron chi connectivity index (χ4n) is 3.63. The van der Waals surface area contributed by atoms with Crippen molar-refractivity contribution < 1.29 is 5.11 Å². The first-order valence-corrected chi connectivity index (χ1v) is 9.30. The summed E-state index contributed by atoms with van der Waals surface area (Å²) in [5.41, 5.74) is 8.01. The van der Waals surface area contributed by atoms with Gasteiger partial charge in [-0.3, -0.25) is 0 Å². The van der Waals surface area contributed by atoms with E-state index in [1.54, 1.807) is 0 Å². The molecule has 2 aromatic carbocycles. The predicted molar refractivity (Wildman–Crippen MR) is 110 cm³/mol. The molecule has 0 atom stereocenters. The van der Waals surface area contributed by atoms with Crippen molar-refractivity contribution >= 4 is 11.0 Å². The molecule has 5 heteroatoms. The summed E-state index contributed by atoms with van der Waals surface area (Å²) in [7, 11) is 0. The van der Waals surface area contributed by atoms with Crippen LogP contribution in [0.1, 0.15) is 17.0 Å². The highest BCUT2D eigenvalue weighted by Crippen LogP contribution is 2.30. The Morgan fingerprint density at radius 3 is 2.79 bits per heavy atom. The SMILES string of the molecule is Cc1ccc2nc(Cn3ccc4cc(-c5ccccc5CO)nc-4c3)[nH]c2c1. The number of benzene rings is 2. The summed E-state index contributed by atoms with van der Waals surface area (Å²) < 4.78 is 2.08. The van der Waals surface area contributed by atoms with E-state index in [0.717, 1.165) is 44.9 Å². The second-order valence-electron chi connectivity index (χ2n) is 7.12. The van der Waals surface area contributed by atoms with Gasteiger partial charge in [0.25, 0.3) is 0 Å². The van der Waals surface area contributed by atoms with E-state index >= 15 is 0 Å². The number of nitrogens with one attached hydrogen (secondary N) is 1. The molecule has 138 valence electrons. The van der Waals surface area contributed by atoms with E-state index in [4.69, 9.17) is 4.98 Å². The number of pyridine rings is 1. The van der Waals surface area contributed by atoms with Gasteiger partial charge in [-0.25, -0.2) is 9.97 Å². The van der Waals surface area contributed by atoms with E-state index in [2.05, 4.69) is 45.7 Å². The van der Waals surface area contributed by atoms with Gasteiger partial charge < -0.3 is 14.7 Å². The molecule has 0 spiro atoms. The second kappa shape index (κ2) is 6.62. The normalized spacial score (nSPS) is 11.5. The van der Waals surface area contributed by atoms with Crippen LogP contribution in [-0.4, -0.2) is 24.6 Å². The maximum absolute atomic E-state index is 9.60. The molecule has 5 rings (SSSR count). The van der Waals surface area contributed by atoms with Gasteiger partial charge in [-0.2, -0.15) is 0 Å². The topological polar surface area (TPSA) is 66.7 Å². The van der Waals surface area contributed by atoms with Crippen molar-refractivity contribution in [2.75, 3.05) is 0 Å². The van der Waals surface area contributed by atoms with Gasteiger partial charge in [0.1, 0.15) is 5.82 Å². The lowest BCUT2D eigenvalue weighted by molar-refractivity contribution is 0.282. The second-order valence-corrected chi connectivity index (χ2v) is 7.12. The molecule has 0 saturated heterocycles. The summed E-state index contributed by atoms with van der Waals surface area (Å²) in [6.07, 6.45) is 4.09. The average molecular weight is 368 g/mol. The van der Waals surface area contributed by atoms with Crippen LogP contribution >= 0.6 is 0 Å². The summed E-state index contributed by atoms with van der Waals surface area (Å²) in [5.74, 6) is 0.919. The molecule has 2 N–H and O–H groups in total. The predicted octanol–water partition coefficient (Wildman–Crippen LogP) is 4.38. The standard InChI is InChI=1S/C23H20N4O/c1-15-6-7-19-21(10-15)26-23(25-19)13-27-9-8-16-11-20(24-22(16)12-27)18-5-3-2-4-17(18)14-28/h2-12,28H,13-14H2,1H3,(H,25,26). The van der Waals surface area contributed by atoms with Crippen LogP contribution in [0.5, 0.6) is 0 Å². The summed E-state index contributed by atoms with van der Waals surface area (Å²) in [6.45, 7) is 2.74. The van der Waals surface area contributed by atoms with Crippen molar-refractivity contribution in [3.05, 3.63) is 83.9 Å². The molecule has 0 amide bonds. The molecule has 1 aromatic heterocycles. The molecule has 0 radical (unpaired) electrons. The highest BCUT2D eigenvalue weighted by molar-refractivity contribution is 5.76. The third kappa shape index (κ3) is 2.96. The summed E-state index contributed by atoms with van der Waals surface area (Å²) in [4.78, 5) is 12.9. The van der Waals surface area contributed by atoms with Crippen molar-refractivity contribution in [1.82, 2.24) is 19.5 Å². The number of aromatic amines is 1. The third-order valence-electron chi connectivity index (χ3n) is 5.04. The fourth-order valence-corrected chi connectivity index (χ4v) is 3.63. The van der Waals surface area contributed by atoms with Gasteiger partial charge >= 0.3 is 0 Å². The Balaban J connectivity index is 1.48. The van der Waals surface area contributed by atoms with E-state index in [0.29, 0.717) is 6.54 Å². The molecule has 0 saturated carbocycles. The first kappa shape index (κ1) is 16.7. The average Bonchev–Trinajstić information content (AvgIpc) is 3.30. The van der Waals surface area contributed by atoms with Crippen LogP contribution in [0.2, 0.25) is 0 Å². The van der Waals surface area contributed by atoms with Crippen LogP contribution in [0.15, 0.2) is 67.0 Å². The maximum Gasteiger partial charge on any atom is 0.127 e. The van der Waals surface area contributed by atoms with E-state index in [1.807, 2.05) is 42.7 Å². The molecule has 5 nitrogen and oxygen atoms in total. The van der Waals surface area contributed by atoms with Crippen LogP contribution in [-0.2, 0) is 13.2 Å². The molecule has 0 unspecified atom stereocenters. The van der Waals surface area contributed by atoms with Crippen molar-refractivity contribution in [2.24, 2.45) is 0 Å². The van der Waals surface area contributed by atoms with E-state index in [-0.39, 0.29) is 6.61 Å². The van der Waals surface area contributed by atoms with Gasteiger partial charge in [-0.15, -0.1) is 0 Å². The number of hydrogen-bond donors (Lipinski definition) is 2. The Kier molecular flexibility index (Phi) is 3.95. The van der Waals surface area contributed by atoms with Gasteiger partial charge in [0.2, 0.25) is 0 Å². The largest absolute Gasteiger partial charge is 0.392 e. The zero-order valence-electron chi connectivity index (χ0n) is 15.6. The first-order valence-electron chi connectivity index (χ1n) is 9.30. The molecule has 0 aliphatic carbocycles.